The van der Waals surface area contributed by atoms with E-state index in [9.17, 15) is 4.79 Å². The van der Waals surface area contributed by atoms with Gasteiger partial charge in [-0.05, 0) is 35.9 Å². The normalized spacial score (nSPS) is 12.8. The number of hydrogen-bond acceptors (Lipinski definition) is 5. The Morgan fingerprint density at radius 1 is 1.06 bits per heavy atom. The molecule has 1 N–H and O–H groups in total. The van der Waals surface area contributed by atoms with Gasteiger partial charge in [0.05, 0.1) is 29.0 Å². The van der Waals surface area contributed by atoms with Crippen LogP contribution in [0.3, 0.4) is 0 Å². The van der Waals surface area contributed by atoms with Crippen molar-refractivity contribution in [3.8, 4) is 16.9 Å². The summed E-state index contributed by atoms with van der Waals surface area (Å²) in [5, 5.41) is 3.77. The molecule has 0 bridgehead atoms. The van der Waals surface area contributed by atoms with Gasteiger partial charge in [0.1, 0.15) is 12.4 Å². The zero-order chi connectivity index (χ0) is 23.8. The zero-order valence-electron chi connectivity index (χ0n) is 18.7. The second-order valence-electron chi connectivity index (χ2n) is 8.18. The highest BCUT2D eigenvalue weighted by Crippen LogP contribution is 2.36. The van der Waals surface area contributed by atoms with E-state index in [1.54, 1.807) is 12.3 Å². The lowest BCUT2D eigenvalue weighted by atomic mass is 9.99. The van der Waals surface area contributed by atoms with Gasteiger partial charge in [-0.25, -0.2) is 0 Å². The number of rotatable bonds is 4. The molecule has 3 aromatic carbocycles. The summed E-state index contributed by atoms with van der Waals surface area (Å²) < 4.78 is 5.70. The Hall–Kier alpha value is -3.48. The van der Waals surface area contributed by atoms with E-state index in [-0.39, 0.29) is 5.91 Å². The molecule has 1 aliphatic rings. The van der Waals surface area contributed by atoms with E-state index in [0.717, 1.165) is 39.2 Å². The van der Waals surface area contributed by atoms with Crippen molar-refractivity contribution in [2.45, 2.75) is 0 Å². The molecule has 0 atom stereocenters. The molecule has 0 radical (unpaired) electrons. The number of amides is 1. The number of carbonyl (C=O) groups excluding carboxylic acids is 1. The standard InChI is InChI=1S/C26H22Cl2N4O2/c1-31(2)25-20-7-5-6-19(16-12-17(27)14-18(28)13-16)24(20)29-15-21(25)26(33)30-32-10-11-34-23-9-4-3-8-22(23)32/h3-9,12-15H,10-11H2,1-2H3,(H,30,33). The third kappa shape index (κ3) is 4.11. The molecule has 1 amide bonds. The Balaban J connectivity index is 1.58. The van der Waals surface area contributed by atoms with Crippen LogP contribution >= 0.6 is 23.2 Å². The molecule has 0 spiro atoms. The van der Waals surface area contributed by atoms with Crippen LogP contribution in [0.4, 0.5) is 11.4 Å². The Labute approximate surface area is 207 Å². The van der Waals surface area contributed by atoms with Gasteiger partial charge in [-0.3, -0.25) is 20.2 Å². The summed E-state index contributed by atoms with van der Waals surface area (Å²) in [7, 11) is 3.83. The van der Waals surface area contributed by atoms with Crippen LogP contribution in [0, 0.1) is 0 Å². The summed E-state index contributed by atoms with van der Waals surface area (Å²) in [6.45, 7) is 1.03. The highest BCUT2D eigenvalue weighted by Gasteiger charge is 2.23. The lowest BCUT2D eigenvalue weighted by molar-refractivity contribution is 0.0945. The highest BCUT2D eigenvalue weighted by atomic mass is 35.5. The summed E-state index contributed by atoms with van der Waals surface area (Å²) in [5.74, 6) is 0.495. The predicted molar refractivity (Wildman–Crippen MR) is 138 cm³/mol. The molecule has 0 aliphatic carbocycles. The van der Waals surface area contributed by atoms with Crippen molar-refractivity contribution in [2.24, 2.45) is 0 Å². The molecule has 0 fully saturated rings. The van der Waals surface area contributed by atoms with Gasteiger partial charge >= 0.3 is 0 Å². The first-order valence-corrected chi connectivity index (χ1v) is 11.5. The monoisotopic (exact) mass is 492 g/mol. The van der Waals surface area contributed by atoms with Crippen molar-refractivity contribution in [3.05, 3.63) is 82.5 Å². The number of nitrogens with zero attached hydrogens (tertiary/aromatic N) is 3. The fourth-order valence-corrected chi connectivity index (χ4v) is 4.79. The number of fused-ring (bicyclic) bond motifs is 2. The van der Waals surface area contributed by atoms with Crippen LogP contribution in [-0.2, 0) is 0 Å². The predicted octanol–water partition coefficient (Wildman–Crippen LogP) is 5.82. The van der Waals surface area contributed by atoms with Crippen molar-refractivity contribution in [1.82, 2.24) is 10.4 Å². The van der Waals surface area contributed by atoms with Crippen molar-refractivity contribution in [3.63, 3.8) is 0 Å². The molecular formula is C26H22Cl2N4O2. The van der Waals surface area contributed by atoms with Crippen LogP contribution < -0.4 is 20.1 Å². The van der Waals surface area contributed by atoms with Gasteiger partial charge in [-0.1, -0.05) is 53.5 Å². The highest BCUT2D eigenvalue weighted by molar-refractivity contribution is 6.35. The van der Waals surface area contributed by atoms with Gasteiger partial charge in [-0.2, -0.15) is 0 Å². The molecule has 1 aliphatic heterocycles. The number of carbonyl (C=O) groups is 1. The van der Waals surface area contributed by atoms with Gasteiger partial charge < -0.3 is 9.64 Å². The van der Waals surface area contributed by atoms with Crippen LogP contribution in [0.15, 0.2) is 66.9 Å². The fraction of sp³-hybridized carbons (Fsp3) is 0.154. The maximum atomic E-state index is 13.4. The minimum absolute atomic E-state index is 0.244. The van der Waals surface area contributed by atoms with E-state index < -0.39 is 0 Å². The maximum Gasteiger partial charge on any atom is 0.273 e. The van der Waals surface area contributed by atoms with E-state index >= 15 is 0 Å². The average Bonchev–Trinajstić information content (AvgIpc) is 2.82. The fourth-order valence-electron chi connectivity index (χ4n) is 4.27. The van der Waals surface area contributed by atoms with E-state index in [2.05, 4.69) is 5.43 Å². The van der Waals surface area contributed by atoms with Gasteiger partial charge in [-0.15, -0.1) is 0 Å². The zero-order valence-corrected chi connectivity index (χ0v) is 20.2. The smallest absolute Gasteiger partial charge is 0.273 e. The van der Waals surface area contributed by atoms with Crippen LogP contribution in [0.5, 0.6) is 5.75 Å². The summed E-state index contributed by atoms with van der Waals surface area (Å²) in [6, 6.07) is 18.9. The van der Waals surface area contributed by atoms with E-state index in [0.29, 0.717) is 28.8 Å². The summed E-state index contributed by atoms with van der Waals surface area (Å²) >= 11 is 12.5. The van der Waals surface area contributed by atoms with Crippen molar-refractivity contribution < 1.29 is 9.53 Å². The minimum Gasteiger partial charge on any atom is -0.489 e. The summed E-state index contributed by atoms with van der Waals surface area (Å²) in [6.07, 6.45) is 1.62. The Bertz CT molecular complexity index is 1390. The number of hydrogen-bond donors (Lipinski definition) is 1. The molecule has 1 aromatic heterocycles. The lowest BCUT2D eigenvalue weighted by Gasteiger charge is -2.31. The van der Waals surface area contributed by atoms with E-state index in [1.807, 2.05) is 78.6 Å². The number of hydrazine groups is 1. The number of aromatic nitrogens is 1. The molecule has 2 heterocycles. The first-order chi connectivity index (χ1) is 16.4. The Kier molecular flexibility index (Phi) is 5.94. The number of nitrogens with one attached hydrogen (secondary N) is 1. The molecule has 172 valence electrons. The van der Waals surface area contributed by atoms with Crippen LogP contribution in [0.2, 0.25) is 10.0 Å². The lowest BCUT2D eigenvalue weighted by Crippen LogP contribution is -2.47. The molecule has 34 heavy (non-hydrogen) atoms. The largest absolute Gasteiger partial charge is 0.489 e. The second kappa shape index (κ2) is 9.05. The van der Waals surface area contributed by atoms with Gasteiger partial charge in [0.15, 0.2) is 0 Å². The second-order valence-corrected chi connectivity index (χ2v) is 9.06. The van der Waals surface area contributed by atoms with Gasteiger partial charge in [0.25, 0.3) is 5.91 Å². The molecular weight excluding hydrogens is 471 g/mol. The van der Waals surface area contributed by atoms with Crippen molar-refractivity contribution in [2.75, 3.05) is 37.2 Å². The minimum atomic E-state index is -0.244. The first kappa shape index (κ1) is 22.3. The van der Waals surface area contributed by atoms with Crippen molar-refractivity contribution >= 4 is 51.4 Å². The van der Waals surface area contributed by atoms with Gasteiger partial charge in [0, 0.05) is 41.3 Å². The number of pyridine rings is 1. The Morgan fingerprint density at radius 3 is 2.59 bits per heavy atom. The Morgan fingerprint density at radius 2 is 1.82 bits per heavy atom. The molecule has 5 rings (SSSR count). The third-order valence-electron chi connectivity index (χ3n) is 5.70. The molecule has 0 unspecified atom stereocenters. The van der Waals surface area contributed by atoms with Crippen LogP contribution in [-0.4, -0.2) is 38.1 Å². The number of ether oxygens (including phenoxy) is 1. The van der Waals surface area contributed by atoms with Crippen LogP contribution in [0.1, 0.15) is 10.4 Å². The van der Waals surface area contributed by atoms with E-state index in [4.69, 9.17) is 32.9 Å². The van der Waals surface area contributed by atoms with Crippen molar-refractivity contribution in [1.29, 1.82) is 0 Å². The average molecular weight is 493 g/mol. The third-order valence-corrected chi connectivity index (χ3v) is 6.14. The number of para-hydroxylation sites is 3. The quantitative estimate of drug-likeness (QED) is 0.389. The van der Waals surface area contributed by atoms with Gasteiger partial charge in [0.2, 0.25) is 0 Å². The molecule has 6 nitrogen and oxygen atoms in total. The number of benzene rings is 3. The first-order valence-electron chi connectivity index (χ1n) is 10.8. The molecule has 0 saturated heterocycles. The molecule has 4 aromatic rings. The topological polar surface area (TPSA) is 57.7 Å². The SMILES string of the molecule is CN(C)c1c(C(=O)NN2CCOc3ccccc32)cnc2c(-c3cc(Cl)cc(Cl)c3)cccc12. The maximum absolute atomic E-state index is 13.4. The summed E-state index contributed by atoms with van der Waals surface area (Å²) in [5.41, 5.74) is 7.61. The van der Waals surface area contributed by atoms with E-state index in [1.165, 1.54) is 0 Å². The summed E-state index contributed by atoms with van der Waals surface area (Å²) in [4.78, 5) is 20.1. The number of anilines is 2. The molecule has 0 saturated carbocycles. The van der Waals surface area contributed by atoms with Crippen LogP contribution in [0.25, 0.3) is 22.0 Å². The molecule has 8 heteroatoms. The number of halogens is 2.